The molecular weight excluding hydrogens is 508 g/mol. The molecule has 6 heterocycles. The minimum Gasteiger partial charge on any atom is -0.441 e. The zero-order valence-electron chi connectivity index (χ0n) is 23.7. The summed E-state index contributed by atoms with van der Waals surface area (Å²) in [7, 11) is 3.51. The van der Waals surface area contributed by atoms with Gasteiger partial charge in [-0.15, -0.1) is 0 Å². The van der Waals surface area contributed by atoms with Crippen molar-refractivity contribution >= 4 is 40.5 Å². The number of rotatable bonds is 8. The van der Waals surface area contributed by atoms with Gasteiger partial charge < -0.3 is 24.8 Å². The van der Waals surface area contributed by atoms with E-state index in [2.05, 4.69) is 34.4 Å². The Labute approximate surface area is 234 Å². The number of hydrogen-bond acceptors (Lipinski definition) is 8. The molecule has 11 heteroatoms. The van der Waals surface area contributed by atoms with Crippen LogP contribution < -0.4 is 15.5 Å². The summed E-state index contributed by atoms with van der Waals surface area (Å²) >= 11 is 0. The van der Waals surface area contributed by atoms with E-state index in [0.717, 1.165) is 50.3 Å². The van der Waals surface area contributed by atoms with Gasteiger partial charge in [0.15, 0.2) is 0 Å². The first-order valence-electron chi connectivity index (χ1n) is 14.3. The van der Waals surface area contributed by atoms with Gasteiger partial charge in [-0.1, -0.05) is 19.8 Å². The van der Waals surface area contributed by atoms with Gasteiger partial charge in [-0.2, -0.15) is 4.98 Å². The first-order chi connectivity index (χ1) is 19.2. The van der Waals surface area contributed by atoms with Crippen LogP contribution in [0.15, 0.2) is 30.6 Å². The van der Waals surface area contributed by atoms with Crippen molar-refractivity contribution in [2.75, 3.05) is 30.9 Å². The summed E-state index contributed by atoms with van der Waals surface area (Å²) in [4.78, 5) is 42.9. The Morgan fingerprint density at radius 3 is 2.67 bits per heavy atom. The lowest BCUT2D eigenvalue weighted by atomic mass is 9.87. The van der Waals surface area contributed by atoms with E-state index in [9.17, 15) is 9.59 Å². The van der Waals surface area contributed by atoms with E-state index < -0.39 is 5.60 Å². The van der Waals surface area contributed by atoms with Crippen LogP contribution in [0.4, 0.5) is 22.2 Å². The number of piperidine rings is 1. The van der Waals surface area contributed by atoms with Gasteiger partial charge in [0, 0.05) is 56.6 Å². The Balaban J connectivity index is 1.21. The highest BCUT2D eigenvalue weighted by Gasteiger charge is 2.52. The van der Waals surface area contributed by atoms with Crippen molar-refractivity contribution in [1.29, 1.82) is 0 Å². The van der Waals surface area contributed by atoms with Crippen LogP contribution in [0.5, 0.6) is 0 Å². The molecule has 212 valence electrons. The zero-order chi connectivity index (χ0) is 28.0. The van der Waals surface area contributed by atoms with Gasteiger partial charge in [0.1, 0.15) is 22.8 Å². The molecule has 3 aliphatic heterocycles. The molecule has 3 atom stereocenters. The number of fused-ring (bicyclic) bond motifs is 3. The predicted octanol–water partition coefficient (Wildman–Crippen LogP) is 4.63. The van der Waals surface area contributed by atoms with Crippen LogP contribution in [0.3, 0.4) is 0 Å². The lowest BCUT2D eigenvalue weighted by Crippen LogP contribution is -2.50. The minimum atomic E-state index is -0.412. The molecule has 0 aromatic carbocycles. The minimum absolute atomic E-state index is 0.0625. The van der Waals surface area contributed by atoms with Crippen LogP contribution in [0.1, 0.15) is 75.3 Å². The number of hydrogen-bond donors (Lipinski definition) is 2. The summed E-state index contributed by atoms with van der Waals surface area (Å²) in [6.45, 7) is 4.84. The highest BCUT2D eigenvalue weighted by Crippen LogP contribution is 2.41. The van der Waals surface area contributed by atoms with Gasteiger partial charge in [-0.05, 0) is 44.4 Å². The average molecular weight is 547 g/mol. The Kier molecular flexibility index (Phi) is 6.85. The van der Waals surface area contributed by atoms with Crippen molar-refractivity contribution in [1.82, 2.24) is 29.7 Å². The third-order valence-corrected chi connectivity index (χ3v) is 8.46. The van der Waals surface area contributed by atoms with E-state index in [0.29, 0.717) is 47.4 Å². The molecule has 6 rings (SSSR count). The van der Waals surface area contributed by atoms with E-state index in [-0.39, 0.29) is 18.0 Å². The lowest BCUT2D eigenvalue weighted by Gasteiger charge is -2.36. The quantitative estimate of drug-likeness (QED) is 0.420. The summed E-state index contributed by atoms with van der Waals surface area (Å²) in [6.07, 6.45) is 10.2. The first-order valence-corrected chi connectivity index (χ1v) is 14.3. The van der Waals surface area contributed by atoms with Crippen molar-refractivity contribution in [3.63, 3.8) is 0 Å². The van der Waals surface area contributed by atoms with E-state index in [1.165, 1.54) is 0 Å². The van der Waals surface area contributed by atoms with Crippen molar-refractivity contribution in [3.8, 4) is 0 Å². The third kappa shape index (κ3) is 4.87. The van der Waals surface area contributed by atoms with Crippen molar-refractivity contribution in [2.45, 2.75) is 82.5 Å². The van der Waals surface area contributed by atoms with Crippen LogP contribution in [0.25, 0.3) is 11.0 Å². The molecule has 2 bridgehead atoms. The normalized spacial score (nSPS) is 24.5. The summed E-state index contributed by atoms with van der Waals surface area (Å²) in [5, 5.41) is 7.62. The van der Waals surface area contributed by atoms with Gasteiger partial charge in [-0.3, -0.25) is 9.69 Å². The number of carbonyl (C=O) groups is 2. The maximum Gasteiger partial charge on any atom is 0.415 e. The van der Waals surface area contributed by atoms with Gasteiger partial charge in [0.25, 0.3) is 5.91 Å². The molecule has 40 heavy (non-hydrogen) atoms. The average Bonchev–Trinajstić information content (AvgIpc) is 3.59. The van der Waals surface area contributed by atoms with Crippen molar-refractivity contribution in [3.05, 3.63) is 36.3 Å². The summed E-state index contributed by atoms with van der Waals surface area (Å²) in [5.41, 5.74) is 1.61. The largest absolute Gasteiger partial charge is 0.441 e. The molecule has 3 aliphatic rings. The van der Waals surface area contributed by atoms with Gasteiger partial charge in [0.05, 0.1) is 18.4 Å². The van der Waals surface area contributed by atoms with Crippen LogP contribution in [0, 0.1) is 0 Å². The predicted molar refractivity (Wildman–Crippen MR) is 153 cm³/mol. The molecule has 11 nitrogen and oxygen atoms in total. The van der Waals surface area contributed by atoms with Crippen molar-refractivity contribution in [2.24, 2.45) is 0 Å². The Bertz CT molecular complexity index is 1410. The van der Waals surface area contributed by atoms with Gasteiger partial charge in [-0.25, -0.2) is 14.8 Å². The molecule has 1 spiro atoms. The molecule has 3 aromatic heterocycles. The number of ether oxygens (including phenoxy) is 1. The molecule has 0 saturated carbocycles. The second-order valence-corrected chi connectivity index (χ2v) is 11.8. The molecule has 2 N–H and O–H groups in total. The Morgan fingerprint density at radius 2 is 2.00 bits per heavy atom. The van der Waals surface area contributed by atoms with E-state index in [4.69, 9.17) is 9.72 Å². The number of unbranched alkanes of at least 4 members (excludes halogenated alkanes) is 1. The number of aromatic nitrogens is 4. The Hall–Kier alpha value is -3.73. The molecule has 3 aromatic rings. The second kappa shape index (κ2) is 10.3. The number of nitrogens with one attached hydrogen (secondary N) is 2. The number of carbonyl (C=O) groups excluding carboxylic acids is 2. The maximum absolute atomic E-state index is 13.0. The topological polar surface area (TPSA) is 118 Å². The van der Waals surface area contributed by atoms with Gasteiger partial charge in [0.2, 0.25) is 5.95 Å². The highest BCUT2D eigenvalue weighted by molar-refractivity contribution is 5.98. The molecule has 0 aliphatic carbocycles. The molecular formula is C29H38N8O3. The fraction of sp³-hybridized carbons (Fsp3) is 0.552. The standard InChI is InChI=1S/C29H38N8O3/c1-5-6-7-18(2)37-23(26(38)35(3)4)12-19-15-31-27(34-25(19)37)33-24-11-10-22(16-30-24)36-17-29(40-28(36)39)13-20-8-9-21(14-29)32-20/h10-12,15-16,18,20-21,32H,5-9,13-14,17H2,1-4H3,(H,30,31,33,34). The summed E-state index contributed by atoms with van der Waals surface area (Å²) in [5.74, 6) is 0.892. The van der Waals surface area contributed by atoms with Crippen LogP contribution in [-0.4, -0.2) is 74.7 Å². The van der Waals surface area contributed by atoms with Crippen LogP contribution in [-0.2, 0) is 4.74 Å². The van der Waals surface area contributed by atoms with Gasteiger partial charge >= 0.3 is 6.09 Å². The molecule has 3 fully saturated rings. The molecule has 3 unspecified atom stereocenters. The molecule has 2 amide bonds. The van der Waals surface area contributed by atoms with Crippen LogP contribution >= 0.6 is 0 Å². The fourth-order valence-electron chi connectivity index (χ4n) is 6.51. The summed E-state index contributed by atoms with van der Waals surface area (Å²) in [6, 6.07) is 6.52. The van der Waals surface area contributed by atoms with E-state index in [1.54, 1.807) is 36.3 Å². The SMILES string of the molecule is CCCCC(C)n1c(C(=O)N(C)C)cc2cnc(Nc3ccc(N4CC5(CC6CCC(C5)N6)OC4=O)cn3)nc21. The third-order valence-electron chi connectivity index (χ3n) is 8.46. The zero-order valence-corrected chi connectivity index (χ0v) is 23.7. The smallest absolute Gasteiger partial charge is 0.415 e. The molecule has 0 radical (unpaired) electrons. The number of pyridine rings is 1. The monoisotopic (exact) mass is 546 g/mol. The highest BCUT2D eigenvalue weighted by atomic mass is 16.6. The van der Waals surface area contributed by atoms with E-state index >= 15 is 0 Å². The molecule has 3 saturated heterocycles. The summed E-state index contributed by atoms with van der Waals surface area (Å²) < 4.78 is 7.97. The van der Waals surface area contributed by atoms with Crippen LogP contribution in [0.2, 0.25) is 0 Å². The maximum atomic E-state index is 13.0. The number of amides is 2. The van der Waals surface area contributed by atoms with Crippen molar-refractivity contribution < 1.29 is 14.3 Å². The fourth-order valence-corrected chi connectivity index (χ4v) is 6.51. The lowest BCUT2D eigenvalue weighted by molar-refractivity contribution is 0.0161. The first kappa shape index (κ1) is 26.5. The number of nitrogens with zero attached hydrogens (tertiary/aromatic N) is 6. The Morgan fingerprint density at radius 1 is 1.23 bits per heavy atom. The number of anilines is 3. The van der Waals surface area contributed by atoms with E-state index in [1.807, 2.05) is 22.8 Å². The second-order valence-electron chi connectivity index (χ2n) is 11.8.